The molecule has 0 aliphatic carbocycles. The van der Waals surface area contributed by atoms with Gasteiger partial charge in [0.25, 0.3) is 5.91 Å². The Hall–Kier alpha value is -1.79. The molecule has 3 amide bonds. The Morgan fingerprint density at radius 2 is 1.84 bits per heavy atom. The van der Waals surface area contributed by atoms with Gasteiger partial charge < -0.3 is 15.1 Å². The fourth-order valence-electron chi connectivity index (χ4n) is 3.28. The number of guanidine groups is 1. The standard InChI is InChI=1S/C18H33N5O2/c1-5-7-8-9-10-11-12-23-14-15(20-17(23)19-13(3)6-2)22(4)18(25)21-16(14)24/h13-15H,5-12H2,1-4H3,(H,19,20)(H,21,24,25). The number of fused-ring (bicyclic) bond motifs is 1. The number of amides is 3. The average Bonchev–Trinajstić information content (AvgIpc) is 2.94. The molecule has 142 valence electrons. The molecule has 3 unspecified atom stereocenters. The molecule has 0 aromatic carbocycles. The Bertz CT molecular complexity index is 508. The minimum Gasteiger partial charge on any atom is -0.354 e. The Kier molecular flexibility index (Phi) is 7.08. The maximum atomic E-state index is 12.4. The van der Waals surface area contributed by atoms with Crippen LogP contribution in [-0.4, -0.2) is 59.5 Å². The number of nitrogens with zero attached hydrogens (tertiary/aromatic N) is 3. The van der Waals surface area contributed by atoms with Gasteiger partial charge in [0.05, 0.1) is 0 Å². The molecule has 0 radical (unpaired) electrons. The molecule has 0 spiro atoms. The maximum absolute atomic E-state index is 12.4. The van der Waals surface area contributed by atoms with E-state index in [0.29, 0.717) is 0 Å². The first-order valence-corrected chi connectivity index (χ1v) is 9.68. The van der Waals surface area contributed by atoms with E-state index in [1.165, 1.54) is 30.6 Å². The predicted molar refractivity (Wildman–Crippen MR) is 99.3 cm³/mol. The smallest absolute Gasteiger partial charge is 0.325 e. The average molecular weight is 351 g/mol. The molecule has 0 aromatic heterocycles. The van der Waals surface area contributed by atoms with Gasteiger partial charge >= 0.3 is 6.03 Å². The van der Waals surface area contributed by atoms with Crippen LogP contribution in [0.3, 0.4) is 0 Å². The zero-order valence-corrected chi connectivity index (χ0v) is 16.0. The lowest BCUT2D eigenvalue weighted by atomic mass is 10.1. The molecule has 2 aliphatic rings. The van der Waals surface area contributed by atoms with E-state index in [1.54, 1.807) is 7.05 Å². The molecular weight excluding hydrogens is 318 g/mol. The minimum atomic E-state index is -0.437. The molecule has 3 atom stereocenters. The molecule has 1 saturated heterocycles. The zero-order valence-electron chi connectivity index (χ0n) is 16.0. The lowest BCUT2D eigenvalue weighted by Gasteiger charge is -2.36. The van der Waals surface area contributed by atoms with E-state index in [0.717, 1.165) is 31.8 Å². The molecule has 2 aliphatic heterocycles. The van der Waals surface area contributed by atoms with Gasteiger partial charge in [-0.05, 0) is 19.8 Å². The Balaban J connectivity index is 2.03. The number of rotatable bonds is 9. The van der Waals surface area contributed by atoms with Gasteiger partial charge in [-0.25, -0.2) is 9.79 Å². The van der Waals surface area contributed by atoms with Crippen LogP contribution in [0, 0.1) is 0 Å². The molecule has 0 bridgehead atoms. The zero-order chi connectivity index (χ0) is 18.4. The number of likely N-dealkylation sites (N-methyl/N-ethyl adjacent to an activating group) is 1. The van der Waals surface area contributed by atoms with Gasteiger partial charge in [-0.2, -0.15) is 0 Å². The van der Waals surface area contributed by atoms with Gasteiger partial charge in [0.2, 0.25) is 0 Å². The minimum absolute atomic E-state index is 0.246. The van der Waals surface area contributed by atoms with E-state index in [2.05, 4.69) is 41.3 Å². The second kappa shape index (κ2) is 9.06. The summed E-state index contributed by atoms with van der Waals surface area (Å²) < 4.78 is 0. The fraction of sp³-hybridized carbons (Fsp3) is 0.833. The van der Waals surface area contributed by atoms with E-state index in [1.807, 2.05) is 0 Å². The van der Waals surface area contributed by atoms with Crippen molar-refractivity contribution in [3.05, 3.63) is 0 Å². The van der Waals surface area contributed by atoms with E-state index in [-0.39, 0.29) is 18.0 Å². The summed E-state index contributed by atoms with van der Waals surface area (Å²) in [4.78, 5) is 32.5. The van der Waals surface area contributed by atoms with Crippen LogP contribution >= 0.6 is 0 Å². The number of hydrogen-bond acceptors (Lipinski definition) is 5. The van der Waals surface area contributed by atoms with Crippen molar-refractivity contribution in [2.45, 2.75) is 84.0 Å². The van der Waals surface area contributed by atoms with Crippen LogP contribution in [0.4, 0.5) is 4.79 Å². The van der Waals surface area contributed by atoms with Gasteiger partial charge in [-0.15, -0.1) is 0 Å². The van der Waals surface area contributed by atoms with Crippen molar-refractivity contribution in [2.24, 2.45) is 4.99 Å². The number of carbonyl (C=O) groups excluding carboxylic acids is 2. The van der Waals surface area contributed by atoms with Gasteiger partial charge in [-0.3, -0.25) is 10.1 Å². The highest BCUT2D eigenvalue weighted by atomic mass is 16.2. The number of urea groups is 1. The number of hydrogen-bond donors (Lipinski definition) is 2. The summed E-state index contributed by atoms with van der Waals surface area (Å²) in [6, 6.07) is -0.528. The number of unbranched alkanes of at least 4 members (excludes halogenated alkanes) is 5. The molecule has 25 heavy (non-hydrogen) atoms. The van der Waals surface area contributed by atoms with Crippen molar-refractivity contribution in [1.29, 1.82) is 0 Å². The molecule has 0 saturated carbocycles. The van der Waals surface area contributed by atoms with Crippen LogP contribution in [0.2, 0.25) is 0 Å². The van der Waals surface area contributed by atoms with E-state index in [4.69, 9.17) is 0 Å². The summed E-state index contributed by atoms with van der Waals surface area (Å²) in [5, 5.41) is 5.85. The number of nitrogens with one attached hydrogen (secondary N) is 2. The van der Waals surface area contributed by atoms with E-state index in [9.17, 15) is 9.59 Å². The highest BCUT2D eigenvalue weighted by molar-refractivity contribution is 6.03. The summed E-state index contributed by atoms with van der Waals surface area (Å²) >= 11 is 0. The Morgan fingerprint density at radius 1 is 1.16 bits per heavy atom. The van der Waals surface area contributed by atoms with Crippen LogP contribution in [0.5, 0.6) is 0 Å². The van der Waals surface area contributed by atoms with Crippen LogP contribution in [0.15, 0.2) is 4.99 Å². The van der Waals surface area contributed by atoms with Crippen LogP contribution in [0.25, 0.3) is 0 Å². The first-order valence-electron chi connectivity index (χ1n) is 9.68. The normalized spacial score (nSPS) is 24.1. The van der Waals surface area contributed by atoms with Gasteiger partial charge in [0, 0.05) is 19.6 Å². The lowest BCUT2D eigenvalue weighted by molar-refractivity contribution is -0.127. The molecule has 2 heterocycles. The van der Waals surface area contributed by atoms with Crippen molar-refractivity contribution in [3.63, 3.8) is 0 Å². The summed E-state index contributed by atoms with van der Waals surface area (Å²) in [6.45, 7) is 7.21. The number of aliphatic imine (C=N–C) groups is 1. The lowest BCUT2D eigenvalue weighted by Crippen LogP contribution is -2.64. The largest absolute Gasteiger partial charge is 0.354 e. The third-order valence-corrected chi connectivity index (χ3v) is 5.10. The topological polar surface area (TPSA) is 77.0 Å². The summed E-state index contributed by atoms with van der Waals surface area (Å²) in [6.07, 6.45) is 7.74. The first-order chi connectivity index (χ1) is 12.0. The monoisotopic (exact) mass is 351 g/mol. The maximum Gasteiger partial charge on any atom is 0.325 e. The molecule has 7 nitrogen and oxygen atoms in total. The summed E-state index contributed by atoms with van der Waals surface area (Å²) in [5.74, 6) is 0.499. The number of imide groups is 1. The Labute approximate surface area is 151 Å². The van der Waals surface area contributed by atoms with Gasteiger partial charge in [-0.1, -0.05) is 46.0 Å². The molecule has 2 rings (SSSR count). The number of carbonyl (C=O) groups is 2. The molecule has 2 N–H and O–H groups in total. The van der Waals surface area contributed by atoms with Crippen molar-refractivity contribution in [2.75, 3.05) is 13.6 Å². The van der Waals surface area contributed by atoms with Gasteiger partial charge in [0.15, 0.2) is 18.2 Å². The molecule has 0 aromatic rings. The van der Waals surface area contributed by atoms with Gasteiger partial charge in [0.1, 0.15) is 0 Å². The summed E-state index contributed by atoms with van der Waals surface area (Å²) in [7, 11) is 1.69. The van der Waals surface area contributed by atoms with E-state index < -0.39 is 12.2 Å². The Morgan fingerprint density at radius 3 is 2.52 bits per heavy atom. The molecular formula is C18H33N5O2. The fourth-order valence-corrected chi connectivity index (χ4v) is 3.28. The first kappa shape index (κ1) is 19.5. The van der Waals surface area contributed by atoms with Crippen LogP contribution in [0.1, 0.15) is 65.7 Å². The van der Waals surface area contributed by atoms with Crippen molar-refractivity contribution >= 4 is 17.9 Å². The predicted octanol–water partition coefficient (Wildman–Crippen LogP) is 2.28. The second-order valence-corrected chi connectivity index (χ2v) is 7.13. The molecule has 1 fully saturated rings. The SMILES string of the molecule is CCCCCCCCN1C(NC(C)CC)=NC2C1C(=O)NC(=O)N2C. The molecule has 7 heteroatoms. The van der Waals surface area contributed by atoms with E-state index >= 15 is 0 Å². The van der Waals surface area contributed by atoms with Crippen molar-refractivity contribution in [1.82, 2.24) is 20.4 Å². The van der Waals surface area contributed by atoms with Crippen molar-refractivity contribution < 1.29 is 9.59 Å². The highest BCUT2D eigenvalue weighted by Crippen LogP contribution is 2.24. The summed E-state index contributed by atoms with van der Waals surface area (Å²) in [5.41, 5.74) is 0. The van der Waals surface area contributed by atoms with Crippen LogP contribution < -0.4 is 10.6 Å². The third kappa shape index (κ3) is 4.64. The van der Waals surface area contributed by atoms with Crippen molar-refractivity contribution in [3.8, 4) is 0 Å². The highest BCUT2D eigenvalue weighted by Gasteiger charge is 2.48. The third-order valence-electron chi connectivity index (χ3n) is 5.10. The van der Waals surface area contributed by atoms with Crippen LogP contribution in [-0.2, 0) is 4.79 Å². The second-order valence-electron chi connectivity index (χ2n) is 7.13. The quantitative estimate of drug-likeness (QED) is 0.625.